The summed E-state index contributed by atoms with van der Waals surface area (Å²) in [4.78, 5) is 24.0. The van der Waals surface area contributed by atoms with Crippen LogP contribution < -0.4 is 15.4 Å². The molecule has 0 saturated carbocycles. The highest BCUT2D eigenvalue weighted by atomic mass is 35.5. The molecule has 4 rings (SSSR count). The molecule has 0 bridgehead atoms. The Labute approximate surface area is 244 Å². The smallest absolute Gasteiger partial charge is 0.410 e. The molecule has 1 aromatic carbocycles. The lowest BCUT2D eigenvalue weighted by Crippen LogP contribution is -2.52. The summed E-state index contributed by atoms with van der Waals surface area (Å²) in [5.74, 6) is 2.06. The number of nitrogens with zero attached hydrogens (tertiary/aromatic N) is 4. The van der Waals surface area contributed by atoms with Crippen LogP contribution in [0.15, 0.2) is 22.7 Å². The molecule has 2 atom stereocenters. The first-order valence-electron chi connectivity index (χ1n) is 13.6. The lowest BCUT2D eigenvalue weighted by atomic mass is 10.0. The third-order valence-electron chi connectivity index (χ3n) is 6.71. The Morgan fingerprint density at radius 2 is 2.10 bits per heavy atom. The molecule has 0 radical (unpaired) electrons. The molecule has 3 heterocycles. The molecule has 1 saturated heterocycles. The SMILES string of the molecule is CCOC(=O)N1CCOCC1CNc1nc(-c2cc(OC[C@H](O)CNC)ccc2Cl)nc(-c2c(C)noc2C)c1C. The van der Waals surface area contributed by atoms with Crippen LogP contribution in [0.3, 0.4) is 0 Å². The van der Waals surface area contributed by atoms with Crippen molar-refractivity contribution in [1.29, 1.82) is 0 Å². The fourth-order valence-electron chi connectivity index (χ4n) is 4.61. The van der Waals surface area contributed by atoms with Gasteiger partial charge in [0, 0.05) is 30.8 Å². The second kappa shape index (κ2) is 13.9. The van der Waals surface area contributed by atoms with Crippen molar-refractivity contribution in [2.24, 2.45) is 0 Å². The maximum Gasteiger partial charge on any atom is 0.410 e. The van der Waals surface area contributed by atoms with Crippen LogP contribution >= 0.6 is 11.6 Å². The van der Waals surface area contributed by atoms with E-state index in [-0.39, 0.29) is 18.7 Å². The molecule has 1 fully saturated rings. The average molecular weight is 589 g/mol. The number of aryl methyl sites for hydroxylation is 2. The first kappa shape index (κ1) is 30.5. The van der Waals surface area contributed by atoms with Crippen molar-refractivity contribution in [3.8, 4) is 28.4 Å². The zero-order chi connectivity index (χ0) is 29.5. The molecule has 1 aliphatic rings. The highest BCUT2D eigenvalue weighted by Crippen LogP contribution is 2.36. The second-order valence-electron chi connectivity index (χ2n) is 9.73. The Balaban J connectivity index is 1.70. The van der Waals surface area contributed by atoms with Gasteiger partial charge in [0.25, 0.3) is 0 Å². The molecule has 13 heteroatoms. The number of morpholine rings is 1. The summed E-state index contributed by atoms with van der Waals surface area (Å²) in [6.07, 6.45) is -1.04. The Morgan fingerprint density at radius 3 is 2.80 bits per heavy atom. The Morgan fingerprint density at radius 1 is 1.29 bits per heavy atom. The standard InChI is InChI=1S/C28H37ClN6O6/c1-6-39-28(37)35-9-10-38-14-19(35)12-31-26-16(2)25(24-17(3)34-41-18(24)4)32-27(33-26)22-11-21(7-8-23(22)29)40-15-20(36)13-30-5/h7-8,11,19-20,30,36H,6,9-10,12-15H2,1-5H3,(H,31,32,33)/t19?,20-/m1/s1. The van der Waals surface area contributed by atoms with Gasteiger partial charge < -0.3 is 34.5 Å². The third-order valence-corrected chi connectivity index (χ3v) is 7.04. The molecule has 0 aliphatic carbocycles. The number of nitrogens with one attached hydrogen (secondary N) is 2. The van der Waals surface area contributed by atoms with Crippen LogP contribution in [0, 0.1) is 20.8 Å². The highest BCUT2D eigenvalue weighted by Gasteiger charge is 2.29. The van der Waals surface area contributed by atoms with Crippen molar-refractivity contribution in [1.82, 2.24) is 25.3 Å². The van der Waals surface area contributed by atoms with E-state index in [0.717, 1.165) is 11.1 Å². The minimum Gasteiger partial charge on any atom is -0.491 e. The number of anilines is 1. The molecule has 1 unspecified atom stereocenters. The quantitative estimate of drug-likeness (QED) is 0.302. The zero-order valence-corrected chi connectivity index (χ0v) is 24.7. The monoisotopic (exact) mass is 588 g/mol. The van der Waals surface area contributed by atoms with Gasteiger partial charge in [-0.1, -0.05) is 16.8 Å². The van der Waals surface area contributed by atoms with Gasteiger partial charge in [-0.15, -0.1) is 0 Å². The zero-order valence-electron chi connectivity index (χ0n) is 24.0. The van der Waals surface area contributed by atoms with Gasteiger partial charge in [0.15, 0.2) is 5.82 Å². The van der Waals surface area contributed by atoms with Crippen LogP contribution in [0.4, 0.5) is 10.6 Å². The Bertz CT molecular complexity index is 1330. The number of rotatable bonds is 11. The number of hydrogen-bond acceptors (Lipinski definition) is 11. The van der Waals surface area contributed by atoms with Crippen molar-refractivity contribution < 1.29 is 28.6 Å². The number of carbonyl (C=O) groups is 1. The lowest BCUT2D eigenvalue weighted by Gasteiger charge is -2.35. The van der Waals surface area contributed by atoms with E-state index in [1.807, 2.05) is 20.8 Å². The van der Waals surface area contributed by atoms with Crippen LogP contribution in [-0.2, 0) is 9.47 Å². The molecule has 0 spiro atoms. The number of benzene rings is 1. The number of aliphatic hydroxyl groups is 1. The number of ether oxygens (including phenoxy) is 3. The predicted octanol–water partition coefficient (Wildman–Crippen LogP) is 3.61. The van der Waals surface area contributed by atoms with E-state index in [4.69, 9.17) is 40.3 Å². The minimum atomic E-state index is -0.672. The second-order valence-corrected chi connectivity index (χ2v) is 10.1. The first-order valence-corrected chi connectivity index (χ1v) is 13.9. The van der Waals surface area contributed by atoms with Gasteiger partial charge in [-0.25, -0.2) is 14.8 Å². The Hall–Kier alpha value is -3.45. The van der Waals surface area contributed by atoms with Crippen molar-refractivity contribution >= 4 is 23.5 Å². The fraction of sp³-hybridized carbons (Fsp3) is 0.500. The average Bonchev–Trinajstić information content (AvgIpc) is 3.29. The van der Waals surface area contributed by atoms with Gasteiger partial charge >= 0.3 is 6.09 Å². The topological polar surface area (TPSA) is 144 Å². The number of aliphatic hydroxyl groups excluding tert-OH is 1. The summed E-state index contributed by atoms with van der Waals surface area (Å²) in [6, 6.07) is 4.93. The number of likely N-dealkylation sites (N-methyl/N-ethyl adjacent to an activating group) is 1. The summed E-state index contributed by atoms with van der Waals surface area (Å²) >= 11 is 6.64. The first-order chi connectivity index (χ1) is 19.7. The van der Waals surface area contributed by atoms with Crippen LogP contribution in [0.2, 0.25) is 5.02 Å². The molecule has 3 aromatic rings. The summed E-state index contributed by atoms with van der Waals surface area (Å²) < 4.78 is 22.2. The molecule has 1 amide bonds. The largest absolute Gasteiger partial charge is 0.491 e. The van der Waals surface area contributed by atoms with Crippen molar-refractivity contribution in [3.05, 3.63) is 40.2 Å². The lowest BCUT2D eigenvalue weighted by molar-refractivity contribution is -0.00379. The molecular weight excluding hydrogens is 552 g/mol. The molecular formula is C28H37ClN6O6. The van der Waals surface area contributed by atoms with Gasteiger partial charge in [0.2, 0.25) is 0 Å². The van der Waals surface area contributed by atoms with Crippen LogP contribution in [0.1, 0.15) is 23.9 Å². The van der Waals surface area contributed by atoms with E-state index in [9.17, 15) is 9.90 Å². The number of amides is 1. The van der Waals surface area contributed by atoms with Crippen molar-refractivity contribution in [2.45, 2.75) is 39.8 Å². The Kier molecular flexibility index (Phi) is 10.4. The maximum absolute atomic E-state index is 12.5. The van der Waals surface area contributed by atoms with E-state index < -0.39 is 6.10 Å². The molecule has 41 heavy (non-hydrogen) atoms. The van der Waals surface area contributed by atoms with Crippen LogP contribution in [0.5, 0.6) is 5.75 Å². The molecule has 12 nitrogen and oxygen atoms in total. The van der Waals surface area contributed by atoms with Gasteiger partial charge in [-0.05, 0) is 52.9 Å². The number of halogens is 1. The van der Waals surface area contributed by atoms with E-state index in [1.165, 1.54) is 0 Å². The van der Waals surface area contributed by atoms with Gasteiger partial charge in [0.05, 0.1) is 47.8 Å². The summed E-state index contributed by atoms with van der Waals surface area (Å²) in [6.45, 7) is 9.81. The normalized spacial score (nSPS) is 16.0. The number of carbonyl (C=O) groups excluding carboxylic acids is 1. The van der Waals surface area contributed by atoms with Gasteiger partial charge in [-0.2, -0.15) is 0 Å². The van der Waals surface area contributed by atoms with E-state index in [1.54, 1.807) is 37.1 Å². The summed E-state index contributed by atoms with van der Waals surface area (Å²) in [7, 11) is 1.76. The van der Waals surface area contributed by atoms with Gasteiger partial charge in [0.1, 0.15) is 30.0 Å². The van der Waals surface area contributed by atoms with E-state index in [2.05, 4.69) is 15.8 Å². The third kappa shape index (κ3) is 7.25. The highest BCUT2D eigenvalue weighted by molar-refractivity contribution is 6.33. The molecule has 222 valence electrons. The molecule has 3 N–H and O–H groups in total. The van der Waals surface area contributed by atoms with Gasteiger partial charge in [-0.3, -0.25) is 4.90 Å². The maximum atomic E-state index is 12.5. The summed E-state index contributed by atoms with van der Waals surface area (Å²) in [5, 5.41) is 20.9. The van der Waals surface area contributed by atoms with Crippen LogP contribution in [0.25, 0.3) is 22.6 Å². The summed E-state index contributed by atoms with van der Waals surface area (Å²) in [5.41, 5.74) is 3.43. The van der Waals surface area contributed by atoms with Crippen LogP contribution in [-0.4, -0.2) is 96.5 Å². The number of hydrogen-bond donors (Lipinski definition) is 3. The predicted molar refractivity (Wildman–Crippen MR) is 154 cm³/mol. The fourth-order valence-corrected chi connectivity index (χ4v) is 4.81. The minimum absolute atomic E-state index is 0.105. The molecule has 2 aromatic heterocycles. The van der Waals surface area contributed by atoms with E-state index in [0.29, 0.717) is 84.6 Å². The van der Waals surface area contributed by atoms with E-state index >= 15 is 0 Å². The van der Waals surface area contributed by atoms with Crippen molar-refractivity contribution in [2.75, 3.05) is 58.4 Å². The number of aromatic nitrogens is 3. The van der Waals surface area contributed by atoms with Crippen molar-refractivity contribution in [3.63, 3.8) is 0 Å². The molecule has 1 aliphatic heterocycles.